The van der Waals surface area contributed by atoms with Gasteiger partial charge in [0.05, 0.1) is 33.4 Å². The summed E-state index contributed by atoms with van der Waals surface area (Å²) < 4.78 is 17.4. The van der Waals surface area contributed by atoms with Gasteiger partial charge in [0.15, 0.2) is 16.6 Å². The van der Waals surface area contributed by atoms with Gasteiger partial charge in [0.25, 0.3) is 11.5 Å². The number of nitrogens with zero attached hydrogens (tertiary/aromatic N) is 3. The van der Waals surface area contributed by atoms with Crippen molar-refractivity contribution in [2.45, 2.75) is 13.0 Å². The molecule has 1 fully saturated rings. The highest BCUT2D eigenvalue weighted by molar-refractivity contribution is 7.22. The minimum atomic E-state index is -1.18. The monoisotopic (exact) mass is 559 g/mol. The number of nitro benzene ring substituents is 1. The molecule has 2 aliphatic heterocycles. The van der Waals surface area contributed by atoms with E-state index >= 15 is 0 Å². The molecule has 4 aromatic rings. The van der Waals surface area contributed by atoms with Crippen molar-refractivity contribution in [2.75, 3.05) is 24.7 Å². The van der Waals surface area contributed by atoms with E-state index in [2.05, 4.69) is 4.98 Å². The number of anilines is 1. The molecule has 2 aliphatic rings. The number of aromatic nitrogens is 1. The van der Waals surface area contributed by atoms with Crippen LogP contribution >= 0.6 is 11.3 Å². The molecular formula is C28H21N3O8S. The lowest BCUT2D eigenvalue weighted by Crippen LogP contribution is -2.29. The van der Waals surface area contributed by atoms with Gasteiger partial charge in [-0.3, -0.25) is 24.6 Å². The summed E-state index contributed by atoms with van der Waals surface area (Å²) in [5.74, 6) is -0.819. The summed E-state index contributed by atoms with van der Waals surface area (Å²) in [6.45, 7) is 3.03. The highest BCUT2D eigenvalue weighted by Crippen LogP contribution is 2.45. The summed E-state index contributed by atoms with van der Waals surface area (Å²) in [6, 6.07) is 14.4. The number of thiazole rings is 1. The van der Waals surface area contributed by atoms with E-state index < -0.39 is 28.4 Å². The summed E-state index contributed by atoms with van der Waals surface area (Å²) >= 11 is 1.16. The van der Waals surface area contributed by atoms with Gasteiger partial charge in [-0.05, 0) is 48.9 Å². The molecule has 0 aliphatic carbocycles. The molecule has 1 N–H and O–H groups in total. The molecule has 3 heterocycles. The van der Waals surface area contributed by atoms with E-state index in [0.29, 0.717) is 47.3 Å². The third-order valence-corrected chi connectivity index (χ3v) is 7.54. The van der Waals surface area contributed by atoms with Crippen molar-refractivity contribution in [1.82, 2.24) is 4.98 Å². The molecule has 40 heavy (non-hydrogen) atoms. The van der Waals surface area contributed by atoms with E-state index in [-0.39, 0.29) is 27.5 Å². The summed E-state index contributed by atoms with van der Waals surface area (Å²) in [6.07, 6.45) is 0. The molecular weight excluding hydrogens is 538 g/mol. The van der Waals surface area contributed by atoms with Gasteiger partial charge in [0.2, 0.25) is 0 Å². The number of hydrogen-bond acceptors (Lipinski definition) is 10. The number of Topliss-reactive ketones (excluding diaryl/α,β-unsaturated/α-hetero) is 1. The van der Waals surface area contributed by atoms with Gasteiger partial charge in [-0.25, -0.2) is 4.98 Å². The van der Waals surface area contributed by atoms with Crippen LogP contribution in [0.5, 0.6) is 17.2 Å². The van der Waals surface area contributed by atoms with Gasteiger partial charge < -0.3 is 19.3 Å². The molecule has 12 heteroatoms. The lowest BCUT2D eigenvalue weighted by atomic mass is 9.95. The van der Waals surface area contributed by atoms with Crippen LogP contribution < -0.4 is 19.1 Å². The maximum atomic E-state index is 13.5. The van der Waals surface area contributed by atoms with Crippen LogP contribution in [0, 0.1) is 10.1 Å². The molecule has 6 rings (SSSR count). The van der Waals surface area contributed by atoms with Gasteiger partial charge in [0.1, 0.15) is 24.7 Å². The number of hydrogen-bond donors (Lipinski definition) is 1. The summed E-state index contributed by atoms with van der Waals surface area (Å²) in [5, 5.41) is 23.2. The van der Waals surface area contributed by atoms with Crippen LogP contribution in [-0.2, 0) is 9.59 Å². The number of ether oxygens (including phenoxy) is 3. The van der Waals surface area contributed by atoms with Gasteiger partial charge >= 0.3 is 5.91 Å². The first-order chi connectivity index (χ1) is 19.4. The first-order valence-corrected chi connectivity index (χ1v) is 13.2. The van der Waals surface area contributed by atoms with E-state index in [9.17, 15) is 24.8 Å². The minimum absolute atomic E-state index is 0.198. The quantitative estimate of drug-likeness (QED) is 0.114. The molecule has 1 unspecified atom stereocenters. The maximum absolute atomic E-state index is 13.5. The van der Waals surface area contributed by atoms with Gasteiger partial charge in [-0.2, -0.15) is 0 Å². The fourth-order valence-corrected chi connectivity index (χ4v) is 5.77. The van der Waals surface area contributed by atoms with Crippen molar-refractivity contribution < 1.29 is 33.8 Å². The number of carbonyl (C=O) groups excluding carboxylic acids is 2. The first-order valence-electron chi connectivity index (χ1n) is 12.3. The van der Waals surface area contributed by atoms with E-state index in [0.717, 1.165) is 11.3 Å². The normalized spacial score (nSPS) is 17.8. The Balaban J connectivity index is 1.53. The lowest BCUT2D eigenvalue weighted by molar-refractivity contribution is -0.384. The van der Waals surface area contributed by atoms with Crippen LogP contribution in [0.2, 0.25) is 0 Å². The first kappa shape index (κ1) is 25.3. The van der Waals surface area contributed by atoms with Gasteiger partial charge in [0, 0.05) is 17.7 Å². The van der Waals surface area contributed by atoms with Crippen molar-refractivity contribution in [3.63, 3.8) is 0 Å². The van der Waals surface area contributed by atoms with E-state index in [1.54, 1.807) is 36.4 Å². The molecule has 1 amide bonds. The zero-order chi connectivity index (χ0) is 28.0. The van der Waals surface area contributed by atoms with Gasteiger partial charge in [-0.1, -0.05) is 23.5 Å². The zero-order valence-corrected chi connectivity index (χ0v) is 21.8. The summed E-state index contributed by atoms with van der Waals surface area (Å²) in [7, 11) is 0. The Morgan fingerprint density at radius 2 is 1.93 bits per heavy atom. The second-order valence-electron chi connectivity index (χ2n) is 8.94. The molecule has 11 nitrogen and oxygen atoms in total. The Bertz CT molecular complexity index is 1730. The molecule has 202 valence electrons. The van der Waals surface area contributed by atoms with Crippen LogP contribution in [-0.4, -0.2) is 46.5 Å². The number of aliphatic hydroxyl groups excluding tert-OH is 1. The van der Waals surface area contributed by atoms with E-state index in [4.69, 9.17) is 14.2 Å². The van der Waals surface area contributed by atoms with Gasteiger partial charge in [-0.15, -0.1) is 0 Å². The predicted molar refractivity (Wildman–Crippen MR) is 146 cm³/mol. The number of non-ortho nitro benzene ring substituents is 1. The van der Waals surface area contributed by atoms with Crippen molar-refractivity contribution >= 4 is 49.8 Å². The highest BCUT2D eigenvalue weighted by Gasteiger charge is 2.48. The standard InChI is InChI=1S/C28H21N3O8S/c1-2-37-18-7-8-19-22(14-18)40-28(29-19)30-24(15-4-3-5-17(12-15)31(35)36)23(26(33)27(30)34)25(32)16-6-9-20-21(13-16)39-11-10-38-20/h3-9,12-14,24,32H,2,10-11H2,1H3. The van der Waals surface area contributed by atoms with Crippen molar-refractivity contribution in [3.8, 4) is 17.2 Å². The fourth-order valence-electron chi connectivity index (χ4n) is 4.75. The van der Waals surface area contributed by atoms with Crippen molar-refractivity contribution in [1.29, 1.82) is 0 Å². The fraction of sp³-hybridized carbons (Fsp3) is 0.179. The van der Waals surface area contributed by atoms with Crippen molar-refractivity contribution in [3.05, 3.63) is 87.5 Å². The molecule has 1 atom stereocenters. The lowest BCUT2D eigenvalue weighted by Gasteiger charge is -2.23. The maximum Gasteiger partial charge on any atom is 0.301 e. The van der Waals surface area contributed by atoms with Crippen LogP contribution in [0.25, 0.3) is 16.0 Å². The Labute approximate surface area is 231 Å². The van der Waals surface area contributed by atoms with E-state index in [1.807, 2.05) is 6.92 Å². The largest absolute Gasteiger partial charge is 0.507 e. The number of benzene rings is 3. The number of carbonyl (C=O) groups is 2. The molecule has 3 aromatic carbocycles. The summed E-state index contributed by atoms with van der Waals surface area (Å²) in [4.78, 5) is 43.8. The minimum Gasteiger partial charge on any atom is -0.507 e. The summed E-state index contributed by atoms with van der Waals surface area (Å²) in [5.41, 5.74) is 0.615. The zero-order valence-electron chi connectivity index (χ0n) is 21.0. The second-order valence-corrected chi connectivity index (χ2v) is 9.95. The van der Waals surface area contributed by atoms with Crippen LogP contribution in [0.1, 0.15) is 24.1 Å². The Morgan fingerprint density at radius 1 is 1.12 bits per heavy atom. The van der Waals surface area contributed by atoms with E-state index in [1.165, 1.54) is 29.2 Å². The average molecular weight is 560 g/mol. The number of rotatable bonds is 6. The highest BCUT2D eigenvalue weighted by atomic mass is 32.1. The molecule has 1 saturated heterocycles. The molecule has 0 radical (unpaired) electrons. The van der Waals surface area contributed by atoms with Crippen LogP contribution in [0.4, 0.5) is 10.8 Å². The number of amides is 1. The third-order valence-electron chi connectivity index (χ3n) is 6.52. The average Bonchev–Trinajstić information content (AvgIpc) is 3.50. The number of fused-ring (bicyclic) bond motifs is 2. The number of ketones is 1. The predicted octanol–water partition coefficient (Wildman–Crippen LogP) is 5.00. The van der Waals surface area contributed by atoms with Crippen LogP contribution in [0.15, 0.2) is 66.2 Å². The number of aliphatic hydroxyl groups is 1. The number of nitro groups is 1. The Kier molecular flexibility index (Phi) is 6.31. The van der Waals surface area contributed by atoms with Crippen LogP contribution in [0.3, 0.4) is 0 Å². The molecule has 0 bridgehead atoms. The molecule has 0 saturated carbocycles. The second kappa shape index (κ2) is 9.97. The third kappa shape index (κ3) is 4.28. The Morgan fingerprint density at radius 3 is 2.70 bits per heavy atom. The molecule has 1 aromatic heterocycles. The molecule has 0 spiro atoms. The Hall–Kier alpha value is -4.97. The topological polar surface area (TPSA) is 141 Å². The SMILES string of the molecule is CCOc1ccc2nc(N3C(=O)C(=O)C(=C(O)c4ccc5c(c4)OCCO5)C3c3cccc([N+](=O)[O-])c3)sc2c1. The smallest absolute Gasteiger partial charge is 0.301 e. The van der Waals surface area contributed by atoms with Crippen molar-refractivity contribution in [2.24, 2.45) is 0 Å².